The summed E-state index contributed by atoms with van der Waals surface area (Å²) in [5, 5.41) is 22.5. The highest BCUT2D eigenvalue weighted by Crippen LogP contribution is 2.24. The van der Waals surface area contributed by atoms with Gasteiger partial charge in [-0.25, -0.2) is 4.98 Å². The summed E-state index contributed by atoms with van der Waals surface area (Å²) in [4.78, 5) is 32.6. The number of nitrogens with zero attached hydrogens (tertiary/aromatic N) is 2. The fourth-order valence-corrected chi connectivity index (χ4v) is 2.66. The molecule has 3 N–H and O–H groups in total. The van der Waals surface area contributed by atoms with E-state index in [-0.39, 0.29) is 24.3 Å². The molecule has 0 aliphatic carbocycles. The Balaban J connectivity index is 2.04. The lowest BCUT2D eigenvalue weighted by Gasteiger charge is -2.27. The number of aromatic nitrogens is 2. The predicted molar refractivity (Wildman–Crippen MR) is 102 cm³/mol. The first-order valence-corrected chi connectivity index (χ1v) is 8.79. The molecule has 0 unspecified atom stereocenters. The average molecular weight is 390 g/mol. The van der Waals surface area contributed by atoms with Crippen LogP contribution in [0, 0.1) is 0 Å². The van der Waals surface area contributed by atoms with Crippen LogP contribution in [-0.2, 0) is 11.2 Å². The van der Waals surface area contributed by atoms with E-state index in [0.717, 1.165) is 5.56 Å². The monoisotopic (exact) mass is 389 g/mol. The molecule has 1 amide bonds. The molecular weight excluding hydrogens is 368 g/mol. The second-order valence-electron chi connectivity index (χ2n) is 6.80. The van der Waals surface area contributed by atoms with Crippen molar-refractivity contribution < 1.29 is 19.6 Å². The minimum absolute atomic E-state index is 0.0956. The van der Waals surface area contributed by atoms with Gasteiger partial charge in [-0.2, -0.15) is 0 Å². The van der Waals surface area contributed by atoms with Gasteiger partial charge in [-0.1, -0.05) is 23.7 Å². The zero-order valence-corrected chi connectivity index (χ0v) is 15.8. The van der Waals surface area contributed by atoms with Gasteiger partial charge < -0.3 is 15.4 Å². The number of benzene rings is 1. The number of hydrogen-bond acceptors (Lipinski definition) is 6. The number of ketones is 1. The zero-order chi connectivity index (χ0) is 20.0. The maximum absolute atomic E-state index is 12.7. The van der Waals surface area contributed by atoms with Crippen molar-refractivity contribution in [3.63, 3.8) is 0 Å². The number of Topliss-reactive ketones (excluding diaryl/α,β-unsaturated/α-hetero) is 1. The van der Waals surface area contributed by atoms with E-state index in [1.54, 1.807) is 38.1 Å². The number of carbonyl (C=O) groups is 2. The maximum atomic E-state index is 12.7. The summed E-state index contributed by atoms with van der Waals surface area (Å²) in [6.07, 6.45) is 4.30. The summed E-state index contributed by atoms with van der Waals surface area (Å²) < 4.78 is 0. The largest absolute Gasteiger partial charge is 0.455 e. The summed E-state index contributed by atoms with van der Waals surface area (Å²) in [7, 11) is -1.67. The summed E-state index contributed by atoms with van der Waals surface area (Å²) in [5.74, 6) is -1.57. The first kappa shape index (κ1) is 21.0. The number of hydrogen-bond donors (Lipinski definition) is 3. The Morgan fingerprint density at radius 1 is 1.22 bits per heavy atom. The third kappa shape index (κ3) is 6.13. The van der Waals surface area contributed by atoms with Crippen molar-refractivity contribution >= 4 is 30.4 Å². The lowest BCUT2D eigenvalue weighted by atomic mass is 9.66. The molecule has 0 saturated carbocycles. The average Bonchev–Trinajstić information content (AvgIpc) is 2.63. The SMILES string of the molecule is CC(C)(NC(=O)c1cnccn1)C(=O)C[C@@H](Cc1ccc(Cl)cc1)B(O)O. The van der Waals surface area contributed by atoms with Crippen molar-refractivity contribution in [2.75, 3.05) is 0 Å². The molecule has 1 heterocycles. The highest BCUT2D eigenvalue weighted by molar-refractivity contribution is 6.43. The highest BCUT2D eigenvalue weighted by atomic mass is 35.5. The number of amides is 1. The molecule has 0 spiro atoms. The van der Waals surface area contributed by atoms with Gasteiger partial charge in [0.2, 0.25) is 0 Å². The minimum Gasteiger partial charge on any atom is -0.427 e. The Hall–Kier alpha value is -2.29. The Labute approximate surface area is 163 Å². The fraction of sp³-hybridized carbons (Fsp3) is 0.333. The Bertz CT molecular complexity index is 785. The first-order valence-electron chi connectivity index (χ1n) is 8.41. The van der Waals surface area contributed by atoms with Gasteiger partial charge in [0.05, 0.1) is 11.7 Å². The summed E-state index contributed by atoms with van der Waals surface area (Å²) in [6.45, 7) is 3.12. The van der Waals surface area contributed by atoms with E-state index in [1.165, 1.54) is 18.6 Å². The van der Waals surface area contributed by atoms with Gasteiger partial charge >= 0.3 is 7.12 Å². The van der Waals surface area contributed by atoms with Gasteiger partial charge in [-0.05, 0) is 38.0 Å². The number of carbonyl (C=O) groups excluding carboxylic acids is 2. The van der Waals surface area contributed by atoms with Crippen molar-refractivity contribution in [1.29, 1.82) is 0 Å². The fourth-order valence-electron chi connectivity index (χ4n) is 2.53. The molecule has 0 saturated heterocycles. The van der Waals surface area contributed by atoms with E-state index in [1.807, 2.05) is 0 Å². The Morgan fingerprint density at radius 3 is 2.44 bits per heavy atom. The van der Waals surface area contributed by atoms with Crippen LogP contribution in [0.4, 0.5) is 0 Å². The molecule has 0 radical (unpaired) electrons. The van der Waals surface area contributed by atoms with E-state index < -0.39 is 24.4 Å². The molecule has 142 valence electrons. The molecule has 1 aromatic carbocycles. The lowest BCUT2D eigenvalue weighted by Crippen LogP contribution is -2.50. The van der Waals surface area contributed by atoms with Gasteiger partial charge in [0.1, 0.15) is 5.69 Å². The third-order valence-corrected chi connectivity index (χ3v) is 4.45. The molecule has 1 atom stereocenters. The quantitative estimate of drug-likeness (QED) is 0.592. The summed E-state index contributed by atoms with van der Waals surface area (Å²) in [6, 6.07) is 6.93. The van der Waals surface area contributed by atoms with Crippen LogP contribution in [0.2, 0.25) is 10.8 Å². The van der Waals surface area contributed by atoms with Crippen LogP contribution in [0.25, 0.3) is 0 Å². The van der Waals surface area contributed by atoms with Gasteiger partial charge in [-0.15, -0.1) is 0 Å². The molecule has 9 heteroatoms. The normalized spacial score (nSPS) is 12.3. The van der Waals surface area contributed by atoms with Crippen LogP contribution in [-0.4, -0.2) is 44.4 Å². The van der Waals surface area contributed by atoms with Crippen molar-refractivity contribution in [1.82, 2.24) is 15.3 Å². The summed E-state index contributed by atoms with van der Waals surface area (Å²) >= 11 is 5.85. The topological polar surface area (TPSA) is 112 Å². The zero-order valence-electron chi connectivity index (χ0n) is 15.1. The molecular formula is C18H21BClN3O4. The molecule has 0 aliphatic heterocycles. The first-order chi connectivity index (χ1) is 12.7. The molecule has 1 aromatic heterocycles. The van der Waals surface area contributed by atoms with Crippen molar-refractivity contribution in [2.45, 2.75) is 38.0 Å². The predicted octanol–water partition coefficient (Wildman–Crippen LogP) is 1.68. The van der Waals surface area contributed by atoms with Crippen LogP contribution in [0.1, 0.15) is 36.3 Å². The molecule has 0 fully saturated rings. The maximum Gasteiger partial charge on any atom is 0.455 e. The number of halogens is 1. The van der Waals surface area contributed by atoms with E-state index in [9.17, 15) is 19.6 Å². The molecule has 0 bridgehead atoms. The van der Waals surface area contributed by atoms with Gasteiger partial charge in [-0.3, -0.25) is 14.6 Å². The van der Waals surface area contributed by atoms with E-state index in [4.69, 9.17) is 11.6 Å². The minimum atomic E-state index is -1.67. The van der Waals surface area contributed by atoms with Crippen LogP contribution in [0.3, 0.4) is 0 Å². The molecule has 0 aliphatic rings. The van der Waals surface area contributed by atoms with Crippen molar-refractivity contribution in [3.8, 4) is 0 Å². The van der Waals surface area contributed by atoms with E-state index in [0.29, 0.717) is 5.02 Å². The second kappa shape index (κ2) is 9.08. The van der Waals surface area contributed by atoms with Crippen LogP contribution >= 0.6 is 11.6 Å². The van der Waals surface area contributed by atoms with Crippen LogP contribution < -0.4 is 5.32 Å². The third-order valence-electron chi connectivity index (χ3n) is 4.20. The van der Waals surface area contributed by atoms with Crippen molar-refractivity contribution in [2.24, 2.45) is 0 Å². The van der Waals surface area contributed by atoms with Gasteiger partial charge in [0.25, 0.3) is 5.91 Å². The van der Waals surface area contributed by atoms with Gasteiger partial charge in [0.15, 0.2) is 5.78 Å². The lowest BCUT2D eigenvalue weighted by molar-refractivity contribution is -0.124. The summed E-state index contributed by atoms with van der Waals surface area (Å²) in [5.41, 5.74) is -0.285. The Kier molecular flexibility index (Phi) is 7.07. The van der Waals surface area contributed by atoms with Crippen LogP contribution in [0.5, 0.6) is 0 Å². The number of nitrogens with one attached hydrogen (secondary N) is 1. The molecule has 27 heavy (non-hydrogen) atoms. The highest BCUT2D eigenvalue weighted by Gasteiger charge is 2.35. The number of rotatable bonds is 8. The van der Waals surface area contributed by atoms with Crippen molar-refractivity contribution in [3.05, 3.63) is 59.1 Å². The van der Waals surface area contributed by atoms with E-state index >= 15 is 0 Å². The smallest absolute Gasteiger partial charge is 0.427 e. The van der Waals surface area contributed by atoms with Crippen LogP contribution in [0.15, 0.2) is 42.9 Å². The van der Waals surface area contributed by atoms with Gasteiger partial charge in [0, 0.05) is 29.7 Å². The molecule has 7 nitrogen and oxygen atoms in total. The molecule has 2 aromatic rings. The molecule has 2 rings (SSSR count). The van der Waals surface area contributed by atoms with E-state index in [2.05, 4.69) is 15.3 Å². The second-order valence-corrected chi connectivity index (χ2v) is 7.24. The standard InChI is InChI=1S/C18H21BClN3O4/c1-18(2,23-17(25)15-11-21-7-8-22-15)16(24)10-13(19(26)27)9-12-3-5-14(20)6-4-12/h3-8,11,13,26-27H,9-10H2,1-2H3,(H,23,25)/t13-/m1/s1. The Morgan fingerprint density at radius 2 is 1.89 bits per heavy atom.